The molecule has 0 saturated heterocycles. The standard InChI is InChI=1S/C13H10OS2/c1-8-3-2-4-10-11(8)12(14)13-9(7-16-10)5-6-15-13/h2-6H,7H2,1H3. The minimum Gasteiger partial charge on any atom is -0.288 e. The van der Waals surface area contributed by atoms with Gasteiger partial charge in [-0.3, -0.25) is 4.79 Å². The van der Waals surface area contributed by atoms with Gasteiger partial charge in [-0.15, -0.1) is 23.1 Å². The second-order valence-electron chi connectivity index (χ2n) is 3.84. The van der Waals surface area contributed by atoms with Crippen molar-refractivity contribution in [3.05, 3.63) is 51.2 Å². The van der Waals surface area contributed by atoms with Crippen LogP contribution in [0, 0.1) is 6.92 Å². The van der Waals surface area contributed by atoms with E-state index in [0.717, 1.165) is 26.7 Å². The molecule has 0 aliphatic carbocycles. The van der Waals surface area contributed by atoms with E-state index in [1.165, 1.54) is 5.56 Å². The topological polar surface area (TPSA) is 17.1 Å². The predicted molar refractivity (Wildman–Crippen MR) is 68.5 cm³/mol. The van der Waals surface area contributed by atoms with Crippen LogP contribution in [0.25, 0.3) is 0 Å². The van der Waals surface area contributed by atoms with Gasteiger partial charge in [0.1, 0.15) is 0 Å². The van der Waals surface area contributed by atoms with E-state index in [2.05, 4.69) is 6.07 Å². The molecule has 1 aliphatic heterocycles. The molecule has 0 bridgehead atoms. The minimum atomic E-state index is 0.197. The summed E-state index contributed by atoms with van der Waals surface area (Å²) < 4.78 is 0. The summed E-state index contributed by atoms with van der Waals surface area (Å²) in [5.74, 6) is 1.10. The zero-order valence-corrected chi connectivity index (χ0v) is 10.5. The average molecular weight is 246 g/mol. The molecule has 16 heavy (non-hydrogen) atoms. The van der Waals surface area contributed by atoms with E-state index in [9.17, 15) is 4.79 Å². The van der Waals surface area contributed by atoms with Crippen LogP contribution >= 0.6 is 23.1 Å². The summed E-state index contributed by atoms with van der Waals surface area (Å²) in [6, 6.07) is 8.14. The van der Waals surface area contributed by atoms with Crippen molar-refractivity contribution < 1.29 is 4.79 Å². The highest BCUT2D eigenvalue weighted by Gasteiger charge is 2.23. The van der Waals surface area contributed by atoms with Gasteiger partial charge in [-0.2, -0.15) is 0 Å². The van der Waals surface area contributed by atoms with Crippen LogP contribution in [-0.4, -0.2) is 5.78 Å². The first-order chi connectivity index (χ1) is 7.77. The third kappa shape index (κ3) is 1.43. The largest absolute Gasteiger partial charge is 0.288 e. The number of thiophene rings is 1. The van der Waals surface area contributed by atoms with Gasteiger partial charge in [-0.1, -0.05) is 12.1 Å². The molecule has 1 aromatic carbocycles. The van der Waals surface area contributed by atoms with Gasteiger partial charge in [0.25, 0.3) is 0 Å². The Bertz CT molecular complexity index is 569. The monoisotopic (exact) mass is 246 g/mol. The molecule has 0 N–H and O–H groups in total. The van der Waals surface area contributed by atoms with Crippen LogP contribution in [0.5, 0.6) is 0 Å². The van der Waals surface area contributed by atoms with Gasteiger partial charge in [-0.25, -0.2) is 0 Å². The Kier molecular flexibility index (Phi) is 2.37. The van der Waals surface area contributed by atoms with Crippen LogP contribution in [0.2, 0.25) is 0 Å². The number of carbonyl (C=O) groups is 1. The molecule has 0 saturated carbocycles. The smallest absolute Gasteiger partial charge is 0.204 e. The van der Waals surface area contributed by atoms with Crippen LogP contribution < -0.4 is 0 Å². The molecule has 2 heterocycles. The van der Waals surface area contributed by atoms with Gasteiger partial charge in [0.2, 0.25) is 5.78 Å². The highest BCUT2D eigenvalue weighted by atomic mass is 32.2. The lowest BCUT2D eigenvalue weighted by Crippen LogP contribution is -2.03. The number of ketones is 1. The number of thioether (sulfide) groups is 1. The molecule has 0 fully saturated rings. The summed E-state index contributed by atoms with van der Waals surface area (Å²) >= 11 is 3.32. The van der Waals surface area contributed by atoms with Crippen LogP contribution in [-0.2, 0) is 5.75 Å². The van der Waals surface area contributed by atoms with Crippen LogP contribution in [0.4, 0.5) is 0 Å². The van der Waals surface area contributed by atoms with Crippen molar-refractivity contribution in [1.29, 1.82) is 0 Å². The first-order valence-corrected chi connectivity index (χ1v) is 6.97. The fourth-order valence-corrected chi connectivity index (χ4v) is 4.05. The molecule has 80 valence electrons. The second-order valence-corrected chi connectivity index (χ2v) is 5.77. The highest BCUT2D eigenvalue weighted by Crippen LogP contribution is 2.36. The van der Waals surface area contributed by atoms with Crippen molar-refractivity contribution in [1.82, 2.24) is 0 Å². The summed E-state index contributed by atoms with van der Waals surface area (Å²) in [5.41, 5.74) is 3.15. The summed E-state index contributed by atoms with van der Waals surface area (Å²) in [7, 11) is 0. The Labute approximate surface area is 103 Å². The molecule has 0 amide bonds. The molecule has 0 atom stereocenters. The number of hydrogen-bond donors (Lipinski definition) is 0. The fraction of sp³-hybridized carbons (Fsp3) is 0.154. The normalized spacial score (nSPS) is 14.2. The average Bonchev–Trinajstić information content (AvgIpc) is 2.69. The SMILES string of the molecule is Cc1cccc2c1C(=O)c1sccc1CS2. The number of hydrogen-bond acceptors (Lipinski definition) is 3. The van der Waals surface area contributed by atoms with Gasteiger partial charge in [-0.05, 0) is 35.6 Å². The molecule has 2 aromatic rings. The number of benzene rings is 1. The van der Waals surface area contributed by atoms with Crippen molar-refractivity contribution in [2.24, 2.45) is 0 Å². The zero-order chi connectivity index (χ0) is 11.1. The molecular weight excluding hydrogens is 236 g/mol. The third-order valence-corrected chi connectivity index (χ3v) is 4.86. The second kappa shape index (κ2) is 3.75. The number of aryl methyl sites for hydroxylation is 1. The van der Waals surface area contributed by atoms with Gasteiger partial charge in [0.15, 0.2) is 0 Å². The quantitative estimate of drug-likeness (QED) is 0.701. The molecule has 0 unspecified atom stereocenters. The van der Waals surface area contributed by atoms with Crippen LogP contribution in [0.15, 0.2) is 34.5 Å². The predicted octanol–water partition coefficient (Wildman–Crippen LogP) is 3.89. The maximum atomic E-state index is 12.4. The lowest BCUT2D eigenvalue weighted by Gasteiger charge is -2.06. The van der Waals surface area contributed by atoms with Crippen molar-refractivity contribution in [2.45, 2.75) is 17.6 Å². The maximum absolute atomic E-state index is 12.4. The van der Waals surface area contributed by atoms with E-state index in [1.54, 1.807) is 23.1 Å². The van der Waals surface area contributed by atoms with Crippen LogP contribution in [0.3, 0.4) is 0 Å². The summed E-state index contributed by atoms with van der Waals surface area (Å²) in [4.78, 5) is 14.4. The molecule has 0 radical (unpaired) electrons. The first kappa shape index (κ1) is 10.1. The molecule has 0 spiro atoms. The minimum absolute atomic E-state index is 0.197. The Morgan fingerprint density at radius 1 is 1.25 bits per heavy atom. The molecular formula is C13H10OS2. The van der Waals surface area contributed by atoms with Gasteiger partial charge in [0, 0.05) is 16.2 Å². The van der Waals surface area contributed by atoms with Gasteiger partial charge >= 0.3 is 0 Å². The first-order valence-electron chi connectivity index (χ1n) is 5.11. The molecule has 3 heteroatoms. The molecule has 3 rings (SSSR count). The fourth-order valence-electron chi connectivity index (χ4n) is 1.97. The zero-order valence-electron chi connectivity index (χ0n) is 8.82. The molecule has 1 aliphatic rings. The van der Waals surface area contributed by atoms with Crippen molar-refractivity contribution in [2.75, 3.05) is 0 Å². The lowest BCUT2D eigenvalue weighted by molar-refractivity contribution is 0.103. The number of fused-ring (bicyclic) bond motifs is 2. The Hall–Kier alpha value is -1.06. The Morgan fingerprint density at radius 3 is 3.00 bits per heavy atom. The molecule has 1 nitrogen and oxygen atoms in total. The summed E-state index contributed by atoms with van der Waals surface area (Å²) in [6.07, 6.45) is 0. The molecule has 1 aromatic heterocycles. The van der Waals surface area contributed by atoms with E-state index < -0.39 is 0 Å². The number of carbonyl (C=O) groups excluding carboxylic acids is 1. The number of rotatable bonds is 0. The summed E-state index contributed by atoms with van der Waals surface area (Å²) in [6.45, 7) is 2.01. The van der Waals surface area contributed by atoms with E-state index in [4.69, 9.17) is 0 Å². The third-order valence-electron chi connectivity index (χ3n) is 2.80. The lowest BCUT2D eigenvalue weighted by atomic mass is 10.0. The van der Waals surface area contributed by atoms with E-state index in [0.29, 0.717) is 0 Å². The summed E-state index contributed by atoms with van der Waals surface area (Å²) in [5, 5.41) is 2.01. The van der Waals surface area contributed by atoms with Crippen molar-refractivity contribution in [3.8, 4) is 0 Å². The van der Waals surface area contributed by atoms with E-state index in [1.807, 2.05) is 30.5 Å². The van der Waals surface area contributed by atoms with Crippen molar-refractivity contribution in [3.63, 3.8) is 0 Å². The Morgan fingerprint density at radius 2 is 2.12 bits per heavy atom. The van der Waals surface area contributed by atoms with Crippen molar-refractivity contribution >= 4 is 28.9 Å². The van der Waals surface area contributed by atoms with Gasteiger partial charge in [0.05, 0.1) is 4.88 Å². The van der Waals surface area contributed by atoms with E-state index >= 15 is 0 Å². The maximum Gasteiger partial charge on any atom is 0.204 e. The highest BCUT2D eigenvalue weighted by molar-refractivity contribution is 7.98. The Balaban J connectivity index is 2.26. The van der Waals surface area contributed by atoms with Crippen LogP contribution in [0.1, 0.15) is 26.4 Å². The van der Waals surface area contributed by atoms with Gasteiger partial charge < -0.3 is 0 Å². The van der Waals surface area contributed by atoms with E-state index in [-0.39, 0.29) is 5.78 Å².